The highest BCUT2D eigenvalue weighted by molar-refractivity contribution is 8.00. The Kier molecular flexibility index (Phi) is 6.32. The summed E-state index contributed by atoms with van der Waals surface area (Å²) >= 11 is 1.34. The van der Waals surface area contributed by atoms with Crippen LogP contribution in [-0.4, -0.2) is 31.0 Å². The highest BCUT2D eigenvalue weighted by Crippen LogP contribution is 2.30. The Morgan fingerprint density at radius 3 is 2.47 bits per heavy atom. The standard InChI is InChI=1S/C24H24N4O3S/c1-15-6-4-7-16(2)21(15)25-23(30)17(3)32-24-27-26-22(18-9-11-19(29)12-10-18)28(24)14-20-8-5-13-31-20/h4-13,17,29H,14H2,1-3H3,(H,25,30)/t17-/m1/s1. The number of aryl methyl sites for hydroxylation is 2. The van der Waals surface area contributed by atoms with Crippen molar-refractivity contribution in [3.63, 3.8) is 0 Å². The van der Waals surface area contributed by atoms with Crippen LogP contribution in [0.15, 0.2) is 70.4 Å². The maximum Gasteiger partial charge on any atom is 0.237 e. The zero-order valence-corrected chi connectivity index (χ0v) is 18.9. The van der Waals surface area contributed by atoms with Gasteiger partial charge < -0.3 is 14.8 Å². The van der Waals surface area contributed by atoms with Crippen molar-refractivity contribution in [1.29, 1.82) is 0 Å². The summed E-state index contributed by atoms with van der Waals surface area (Å²) in [4.78, 5) is 12.9. The molecule has 0 aliphatic rings. The minimum Gasteiger partial charge on any atom is -0.508 e. The third-order valence-corrected chi connectivity index (χ3v) is 6.20. The number of rotatable bonds is 7. The van der Waals surface area contributed by atoms with E-state index in [0.717, 1.165) is 28.1 Å². The number of anilines is 1. The first-order valence-corrected chi connectivity index (χ1v) is 11.1. The van der Waals surface area contributed by atoms with Crippen LogP contribution in [0.4, 0.5) is 5.69 Å². The van der Waals surface area contributed by atoms with Crippen molar-refractivity contribution in [2.45, 2.75) is 37.7 Å². The molecular weight excluding hydrogens is 424 g/mol. The van der Waals surface area contributed by atoms with Gasteiger partial charge in [-0.3, -0.25) is 9.36 Å². The van der Waals surface area contributed by atoms with Crippen molar-refractivity contribution in [2.24, 2.45) is 0 Å². The van der Waals surface area contributed by atoms with Gasteiger partial charge in [0.05, 0.1) is 18.1 Å². The molecule has 4 aromatic rings. The number of phenolic OH excluding ortho intramolecular Hbond substituents is 1. The number of hydrogen-bond donors (Lipinski definition) is 2. The molecule has 2 N–H and O–H groups in total. The zero-order chi connectivity index (χ0) is 22.7. The number of amides is 1. The summed E-state index contributed by atoms with van der Waals surface area (Å²) in [5.74, 6) is 1.45. The maximum atomic E-state index is 12.9. The highest BCUT2D eigenvalue weighted by atomic mass is 32.2. The molecule has 0 saturated heterocycles. The first-order chi connectivity index (χ1) is 15.4. The average Bonchev–Trinajstić information content (AvgIpc) is 3.42. The number of carbonyl (C=O) groups excluding carboxylic acids is 1. The molecule has 1 atom stereocenters. The summed E-state index contributed by atoms with van der Waals surface area (Å²) in [5.41, 5.74) is 3.69. The lowest BCUT2D eigenvalue weighted by molar-refractivity contribution is -0.115. The number of furan rings is 1. The molecule has 8 heteroatoms. The van der Waals surface area contributed by atoms with Crippen LogP contribution < -0.4 is 5.32 Å². The molecule has 7 nitrogen and oxygen atoms in total. The number of hydrogen-bond acceptors (Lipinski definition) is 6. The molecule has 0 unspecified atom stereocenters. The summed E-state index contributed by atoms with van der Waals surface area (Å²) in [6.07, 6.45) is 1.62. The van der Waals surface area contributed by atoms with Gasteiger partial charge in [0, 0.05) is 11.3 Å². The Labute approximate surface area is 190 Å². The summed E-state index contributed by atoms with van der Waals surface area (Å²) in [5, 5.41) is 21.6. The third kappa shape index (κ3) is 4.70. The van der Waals surface area contributed by atoms with Gasteiger partial charge in [0.15, 0.2) is 11.0 Å². The Balaban J connectivity index is 1.59. The first-order valence-electron chi connectivity index (χ1n) is 10.2. The van der Waals surface area contributed by atoms with Crippen LogP contribution in [0.1, 0.15) is 23.8 Å². The minimum absolute atomic E-state index is 0.105. The Morgan fingerprint density at radius 2 is 1.81 bits per heavy atom. The van der Waals surface area contributed by atoms with E-state index < -0.39 is 5.25 Å². The Morgan fingerprint density at radius 1 is 1.09 bits per heavy atom. The van der Waals surface area contributed by atoms with Crippen LogP contribution in [0.3, 0.4) is 0 Å². The van der Waals surface area contributed by atoms with Gasteiger partial charge in [-0.1, -0.05) is 30.0 Å². The van der Waals surface area contributed by atoms with Crippen LogP contribution >= 0.6 is 11.8 Å². The van der Waals surface area contributed by atoms with Gasteiger partial charge in [0.2, 0.25) is 5.91 Å². The molecule has 0 fully saturated rings. The molecule has 2 aromatic heterocycles. The molecule has 2 heterocycles. The summed E-state index contributed by atoms with van der Waals surface area (Å²) < 4.78 is 7.44. The molecule has 1 amide bonds. The van der Waals surface area contributed by atoms with Crippen molar-refractivity contribution in [3.05, 3.63) is 77.7 Å². The van der Waals surface area contributed by atoms with Crippen molar-refractivity contribution in [1.82, 2.24) is 14.8 Å². The second-order valence-corrected chi connectivity index (χ2v) is 8.84. The van der Waals surface area contributed by atoms with Gasteiger partial charge in [0.1, 0.15) is 11.5 Å². The second-order valence-electron chi connectivity index (χ2n) is 7.53. The number of carbonyl (C=O) groups is 1. The van der Waals surface area contributed by atoms with E-state index in [1.54, 1.807) is 30.5 Å². The summed E-state index contributed by atoms with van der Waals surface area (Å²) in [7, 11) is 0. The van der Waals surface area contributed by atoms with Crippen molar-refractivity contribution in [2.75, 3.05) is 5.32 Å². The van der Waals surface area contributed by atoms with E-state index in [4.69, 9.17) is 4.42 Å². The number of aromatic nitrogens is 3. The summed E-state index contributed by atoms with van der Waals surface area (Å²) in [6.45, 7) is 6.22. The lowest BCUT2D eigenvalue weighted by Gasteiger charge is -2.16. The van der Waals surface area contributed by atoms with E-state index in [2.05, 4.69) is 15.5 Å². The molecule has 0 aliphatic carbocycles. The maximum absolute atomic E-state index is 12.9. The van der Waals surface area contributed by atoms with Crippen LogP contribution in [0.25, 0.3) is 11.4 Å². The van der Waals surface area contributed by atoms with Crippen LogP contribution in [0.5, 0.6) is 5.75 Å². The van der Waals surface area contributed by atoms with E-state index in [1.165, 1.54) is 11.8 Å². The molecule has 0 spiro atoms. The number of nitrogens with one attached hydrogen (secondary N) is 1. The number of para-hydroxylation sites is 1. The molecule has 0 aliphatic heterocycles. The van der Waals surface area contributed by atoms with E-state index >= 15 is 0 Å². The molecule has 0 bridgehead atoms. The van der Waals surface area contributed by atoms with Crippen LogP contribution in [-0.2, 0) is 11.3 Å². The van der Waals surface area contributed by atoms with E-state index in [1.807, 2.05) is 55.7 Å². The van der Waals surface area contributed by atoms with Gasteiger partial charge in [-0.05, 0) is 68.3 Å². The van der Waals surface area contributed by atoms with Crippen molar-refractivity contribution in [3.8, 4) is 17.1 Å². The van der Waals surface area contributed by atoms with Crippen molar-refractivity contribution >= 4 is 23.4 Å². The molecule has 4 rings (SSSR count). The first kappa shape index (κ1) is 21.7. The number of aromatic hydroxyl groups is 1. The van der Waals surface area contributed by atoms with Crippen LogP contribution in [0.2, 0.25) is 0 Å². The van der Waals surface area contributed by atoms with E-state index in [0.29, 0.717) is 17.5 Å². The normalized spacial score (nSPS) is 12.0. The fourth-order valence-electron chi connectivity index (χ4n) is 3.35. The predicted octanol–water partition coefficient (Wildman–Crippen LogP) is 5.03. The molecule has 32 heavy (non-hydrogen) atoms. The topological polar surface area (TPSA) is 93.2 Å². The number of phenols is 1. The molecule has 164 valence electrons. The molecule has 0 saturated carbocycles. The number of thioether (sulfide) groups is 1. The Bertz CT molecular complexity index is 1200. The highest BCUT2D eigenvalue weighted by Gasteiger charge is 2.22. The Hall–Kier alpha value is -3.52. The number of nitrogens with zero attached hydrogens (tertiary/aromatic N) is 3. The van der Waals surface area contributed by atoms with Gasteiger partial charge in [0.25, 0.3) is 0 Å². The van der Waals surface area contributed by atoms with E-state index in [9.17, 15) is 9.90 Å². The fourth-order valence-corrected chi connectivity index (χ4v) is 4.20. The lowest BCUT2D eigenvalue weighted by atomic mass is 10.1. The van der Waals surface area contributed by atoms with Gasteiger partial charge >= 0.3 is 0 Å². The molecule has 0 radical (unpaired) electrons. The molecule has 2 aromatic carbocycles. The SMILES string of the molecule is Cc1cccc(C)c1NC(=O)[C@@H](C)Sc1nnc(-c2ccc(O)cc2)n1Cc1ccco1. The zero-order valence-electron chi connectivity index (χ0n) is 18.1. The molecular formula is C24H24N4O3S. The van der Waals surface area contributed by atoms with Crippen LogP contribution in [0, 0.1) is 13.8 Å². The van der Waals surface area contributed by atoms with Gasteiger partial charge in [-0.15, -0.1) is 10.2 Å². The second kappa shape index (κ2) is 9.32. The van der Waals surface area contributed by atoms with Gasteiger partial charge in [-0.2, -0.15) is 0 Å². The third-order valence-electron chi connectivity index (χ3n) is 5.12. The largest absolute Gasteiger partial charge is 0.508 e. The van der Waals surface area contributed by atoms with Crippen molar-refractivity contribution < 1.29 is 14.3 Å². The average molecular weight is 449 g/mol. The summed E-state index contributed by atoms with van der Waals surface area (Å²) in [6, 6.07) is 16.4. The predicted molar refractivity (Wildman–Crippen MR) is 125 cm³/mol. The minimum atomic E-state index is -0.402. The quantitative estimate of drug-likeness (QED) is 0.385. The number of benzene rings is 2. The van der Waals surface area contributed by atoms with Gasteiger partial charge in [-0.25, -0.2) is 0 Å². The smallest absolute Gasteiger partial charge is 0.237 e. The lowest BCUT2D eigenvalue weighted by Crippen LogP contribution is -2.24. The van der Waals surface area contributed by atoms with E-state index in [-0.39, 0.29) is 11.7 Å². The monoisotopic (exact) mass is 448 g/mol. The fraction of sp³-hybridized carbons (Fsp3) is 0.208.